The second-order valence-electron chi connectivity index (χ2n) is 6.38. The standard InChI is InChI=1S/C14H30N2O2/c1-14(2)7-6-11(13(14)15-3)8-16(4)9-12(17)10-18-5/h11-13,15,17H,6-10H2,1-5H3. The normalized spacial score (nSPS) is 28.8. The van der Waals surface area contributed by atoms with Crippen molar-refractivity contribution in [2.24, 2.45) is 11.3 Å². The Morgan fingerprint density at radius 2 is 2.17 bits per heavy atom. The monoisotopic (exact) mass is 258 g/mol. The highest BCUT2D eigenvalue weighted by atomic mass is 16.5. The van der Waals surface area contributed by atoms with E-state index in [1.807, 2.05) is 0 Å². The third-order valence-corrected chi connectivity index (χ3v) is 4.21. The lowest BCUT2D eigenvalue weighted by atomic mass is 9.85. The molecule has 18 heavy (non-hydrogen) atoms. The largest absolute Gasteiger partial charge is 0.389 e. The summed E-state index contributed by atoms with van der Waals surface area (Å²) in [5.74, 6) is 0.671. The average molecular weight is 258 g/mol. The first kappa shape index (κ1) is 15.9. The van der Waals surface area contributed by atoms with Crippen LogP contribution in [0, 0.1) is 11.3 Å². The molecule has 3 atom stereocenters. The van der Waals surface area contributed by atoms with E-state index in [4.69, 9.17) is 4.74 Å². The Kier molecular flexibility index (Phi) is 6.05. The Morgan fingerprint density at radius 1 is 1.50 bits per heavy atom. The van der Waals surface area contributed by atoms with Gasteiger partial charge in [-0.25, -0.2) is 0 Å². The molecule has 1 saturated carbocycles. The maximum Gasteiger partial charge on any atom is 0.0899 e. The summed E-state index contributed by atoms with van der Waals surface area (Å²) in [6, 6.07) is 0.569. The first-order valence-corrected chi connectivity index (χ1v) is 6.93. The maximum absolute atomic E-state index is 9.74. The van der Waals surface area contributed by atoms with E-state index in [0.29, 0.717) is 30.5 Å². The lowest BCUT2D eigenvalue weighted by Gasteiger charge is -2.32. The Hall–Kier alpha value is -0.160. The molecule has 0 aromatic heterocycles. The number of methoxy groups -OCH3 is 1. The number of aliphatic hydroxyl groups excluding tert-OH is 1. The fraction of sp³-hybridized carbons (Fsp3) is 1.00. The van der Waals surface area contributed by atoms with Gasteiger partial charge in [0.15, 0.2) is 0 Å². The molecule has 0 amide bonds. The molecule has 0 aromatic carbocycles. The molecule has 0 aromatic rings. The van der Waals surface area contributed by atoms with E-state index in [1.54, 1.807) is 7.11 Å². The zero-order valence-corrected chi connectivity index (χ0v) is 12.6. The summed E-state index contributed by atoms with van der Waals surface area (Å²) in [7, 11) is 5.77. The Bertz CT molecular complexity index is 246. The molecule has 2 N–H and O–H groups in total. The molecule has 4 heteroatoms. The van der Waals surface area contributed by atoms with Crippen molar-refractivity contribution in [3.8, 4) is 0 Å². The van der Waals surface area contributed by atoms with Crippen LogP contribution in [-0.4, -0.2) is 63.1 Å². The van der Waals surface area contributed by atoms with Gasteiger partial charge in [0.2, 0.25) is 0 Å². The van der Waals surface area contributed by atoms with Crippen LogP contribution in [0.25, 0.3) is 0 Å². The van der Waals surface area contributed by atoms with Gasteiger partial charge in [-0.15, -0.1) is 0 Å². The summed E-state index contributed by atoms with van der Waals surface area (Å²) >= 11 is 0. The second-order valence-corrected chi connectivity index (χ2v) is 6.38. The molecule has 4 nitrogen and oxygen atoms in total. The highest BCUT2D eigenvalue weighted by Gasteiger charge is 2.41. The number of nitrogens with one attached hydrogen (secondary N) is 1. The molecule has 0 saturated heterocycles. The minimum absolute atomic E-state index is 0.380. The van der Waals surface area contributed by atoms with Crippen molar-refractivity contribution in [1.82, 2.24) is 10.2 Å². The predicted molar refractivity (Wildman–Crippen MR) is 74.7 cm³/mol. The van der Waals surface area contributed by atoms with E-state index >= 15 is 0 Å². The molecule has 0 bridgehead atoms. The minimum atomic E-state index is -0.387. The molecule has 0 aliphatic heterocycles. The molecule has 3 unspecified atom stereocenters. The first-order valence-electron chi connectivity index (χ1n) is 6.93. The fourth-order valence-electron chi connectivity index (χ4n) is 3.42. The quantitative estimate of drug-likeness (QED) is 0.714. The summed E-state index contributed by atoms with van der Waals surface area (Å²) in [4.78, 5) is 2.22. The van der Waals surface area contributed by atoms with Crippen LogP contribution in [0.5, 0.6) is 0 Å². The minimum Gasteiger partial charge on any atom is -0.389 e. The third kappa shape index (κ3) is 4.19. The van der Waals surface area contributed by atoms with Crippen LogP contribution in [0.2, 0.25) is 0 Å². The van der Waals surface area contributed by atoms with E-state index in [2.05, 4.69) is 38.2 Å². The highest BCUT2D eigenvalue weighted by Crippen LogP contribution is 2.41. The van der Waals surface area contributed by atoms with Crippen molar-refractivity contribution >= 4 is 0 Å². The first-order chi connectivity index (χ1) is 8.40. The molecule has 0 radical (unpaired) electrons. The van der Waals surface area contributed by atoms with Crippen LogP contribution in [-0.2, 0) is 4.74 Å². The number of hydrogen-bond acceptors (Lipinski definition) is 4. The summed E-state index contributed by atoms with van der Waals surface area (Å²) in [6.45, 7) is 6.81. The zero-order valence-electron chi connectivity index (χ0n) is 12.6. The van der Waals surface area contributed by atoms with Crippen LogP contribution in [0.1, 0.15) is 26.7 Å². The van der Waals surface area contributed by atoms with Crippen molar-refractivity contribution in [1.29, 1.82) is 0 Å². The molecular formula is C14H30N2O2. The van der Waals surface area contributed by atoms with Crippen molar-refractivity contribution in [3.05, 3.63) is 0 Å². The van der Waals surface area contributed by atoms with Gasteiger partial charge in [0.25, 0.3) is 0 Å². The van der Waals surface area contributed by atoms with Gasteiger partial charge in [-0.2, -0.15) is 0 Å². The third-order valence-electron chi connectivity index (χ3n) is 4.21. The van der Waals surface area contributed by atoms with Crippen molar-refractivity contribution in [2.75, 3.05) is 40.9 Å². The molecule has 108 valence electrons. The number of aliphatic hydroxyl groups is 1. The molecule has 1 rings (SSSR count). The maximum atomic E-state index is 9.74. The van der Waals surface area contributed by atoms with Crippen LogP contribution in [0.3, 0.4) is 0 Å². The molecule has 1 aliphatic rings. The van der Waals surface area contributed by atoms with Crippen LogP contribution < -0.4 is 5.32 Å². The Morgan fingerprint density at radius 3 is 2.72 bits per heavy atom. The molecule has 1 aliphatic carbocycles. The lowest BCUT2D eigenvalue weighted by Crippen LogP contribution is -2.44. The molecule has 0 heterocycles. The SMILES string of the molecule is CNC1C(CN(C)CC(O)COC)CCC1(C)C. The summed E-state index contributed by atoms with van der Waals surface area (Å²) < 4.78 is 4.96. The van der Waals surface area contributed by atoms with Crippen molar-refractivity contribution < 1.29 is 9.84 Å². The molecule has 1 fully saturated rings. The summed E-state index contributed by atoms with van der Waals surface area (Å²) in [6.07, 6.45) is 2.16. The van der Waals surface area contributed by atoms with Gasteiger partial charge in [0.05, 0.1) is 12.7 Å². The smallest absolute Gasteiger partial charge is 0.0899 e. The Balaban J connectivity index is 2.42. The number of hydrogen-bond donors (Lipinski definition) is 2. The van der Waals surface area contributed by atoms with E-state index in [9.17, 15) is 5.11 Å². The predicted octanol–water partition coefficient (Wildman–Crippen LogP) is 0.950. The zero-order chi connectivity index (χ0) is 13.8. The highest BCUT2D eigenvalue weighted by molar-refractivity contribution is 4.96. The summed E-state index contributed by atoms with van der Waals surface area (Å²) in [5, 5.41) is 13.2. The number of likely N-dealkylation sites (N-methyl/N-ethyl adjacent to an activating group) is 1. The summed E-state index contributed by atoms with van der Waals surface area (Å²) in [5.41, 5.74) is 0.380. The van der Waals surface area contributed by atoms with E-state index in [1.165, 1.54) is 12.8 Å². The molecular weight excluding hydrogens is 228 g/mol. The van der Waals surface area contributed by atoms with Crippen LogP contribution in [0.4, 0.5) is 0 Å². The van der Waals surface area contributed by atoms with Gasteiger partial charge < -0.3 is 20.1 Å². The van der Waals surface area contributed by atoms with Gasteiger partial charge in [0, 0.05) is 26.2 Å². The van der Waals surface area contributed by atoms with E-state index < -0.39 is 0 Å². The van der Waals surface area contributed by atoms with Gasteiger partial charge in [-0.3, -0.25) is 0 Å². The van der Waals surface area contributed by atoms with Crippen molar-refractivity contribution in [3.63, 3.8) is 0 Å². The van der Waals surface area contributed by atoms with Gasteiger partial charge in [-0.1, -0.05) is 13.8 Å². The average Bonchev–Trinajstić information content (AvgIpc) is 2.53. The number of rotatable bonds is 7. The van der Waals surface area contributed by atoms with Crippen LogP contribution in [0.15, 0.2) is 0 Å². The van der Waals surface area contributed by atoms with Gasteiger partial charge >= 0.3 is 0 Å². The fourth-order valence-corrected chi connectivity index (χ4v) is 3.42. The van der Waals surface area contributed by atoms with Gasteiger partial charge in [-0.05, 0) is 38.3 Å². The second kappa shape index (κ2) is 6.85. The topological polar surface area (TPSA) is 44.7 Å². The Labute approximate surface area is 112 Å². The number of nitrogens with zero attached hydrogens (tertiary/aromatic N) is 1. The lowest BCUT2D eigenvalue weighted by molar-refractivity contribution is 0.0391. The van der Waals surface area contributed by atoms with Crippen LogP contribution >= 0.6 is 0 Å². The van der Waals surface area contributed by atoms with E-state index in [-0.39, 0.29) is 6.10 Å². The number of ether oxygens (including phenoxy) is 1. The van der Waals surface area contributed by atoms with Gasteiger partial charge in [0.1, 0.15) is 0 Å². The van der Waals surface area contributed by atoms with Crippen molar-refractivity contribution in [2.45, 2.75) is 38.8 Å². The van der Waals surface area contributed by atoms with E-state index in [0.717, 1.165) is 6.54 Å². The molecule has 0 spiro atoms.